The average molecular weight is 725 g/mol. The Morgan fingerprint density at radius 3 is 1.23 bits per heavy atom. The zero-order chi connectivity index (χ0) is 37.4. The van der Waals surface area contributed by atoms with Crippen LogP contribution < -0.4 is 20.9 Å². The van der Waals surface area contributed by atoms with Crippen LogP contribution in [-0.4, -0.2) is 0 Å². The zero-order valence-corrected chi connectivity index (χ0v) is 28.3. The smallest absolute Gasteiger partial charge is 0.421 e. The van der Waals surface area contributed by atoms with Crippen LogP contribution in [0.25, 0.3) is 22.3 Å². The number of halogens is 6. The zero-order valence-electron chi connectivity index (χ0n) is 28.3. The van der Waals surface area contributed by atoms with Crippen LogP contribution in [-0.2, 0) is 17.8 Å². The molecule has 1 aliphatic rings. The molecule has 0 saturated heterocycles. The van der Waals surface area contributed by atoms with E-state index in [9.17, 15) is 26.3 Å². The Bertz CT molecular complexity index is 2090. The van der Waals surface area contributed by atoms with Crippen molar-refractivity contribution >= 4 is 11.4 Å². The van der Waals surface area contributed by atoms with Crippen molar-refractivity contribution in [1.29, 1.82) is 0 Å². The molecule has 0 atom stereocenters. The number of rotatable bonds is 8. The molecule has 53 heavy (non-hydrogen) atoms. The molecule has 0 heterocycles. The molecule has 4 N–H and O–H groups in total. The van der Waals surface area contributed by atoms with Crippen molar-refractivity contribution < 1.29 is 35.8 Å². The van der Waals surface area contributed by atoms with Gasteiger partial charge in [-0.25, -0.2) is 0 Å². The second kappa shape index (κ2) is 13.9. The van der Waals surface area contributed by atoms with Crippen molar-refractivity contribution in [2.45, 2.75) is 43.5 Å². The lowest BCUT2D eigenvalue weighted by molar-refractivity contribution is -0.138. The third kappa shape index (κ3) is 7.01. The molecule has 1 fully saturated rings. The summed E-state index contributed by atoms with van der Waals surface area (Å²) in [4.78, 5) is 0. The van der Waals surface area contributed by atoms with Gasteiger partial charge in [0.1, 0.15) is 34.1 Å². The maximum atomic E-state index is 14.1. The molecule has 1 saturated carbocycles. The van der Waals surface area contributed by atoms with Gasteiger partial charge in [-0.1, -0.05) is 97.8 Å². The molecule has 6 aromatic carbocycles. The van der Waals surface area contributed by atoms with Crippen molar-refractivity contribution in [2.75, 3.05) is 11.5 Å². The fraction of sp³-hybridized carbons (Fsp3) is 0.163. The molecule has 0 spiro atoms. The molecule has 10 heteroatoms. The summed E-state index contributed by atoms with van der Waals surface area (Å²) in [5, 5.41) is 0. The Morgan fingerprint density at radius 2 is 0.849 bits per heavy atom. The molecule has 4 nitrogen and oxygen atoms in total. The van der Waals surface area contributed by atoms with Crippen molar-refractivity contribution in [3.63, 3.8) is 0 Å². The van der Waals surface area contributed by atoms with Crippen LogP contribution in [0.3, 0.4) is 0 Å². The van der Waals surface area contributed by atoms with E-state index in [0.717, 1.165) is 47.9 Å². The lowest BCUT2D eigenvalue weighted by Crippen LogP contribution is -2.24. The molecule has 0 aliphatic heterocycles. The van der Waals surface area contributed by atoms with Crippen molar-refractivity contribution in [3.05, 3.63) is 156 Å². The number of ether oxygens (including phenoxy) is 2. The minimum absolute atomic E-state index is 0.223. The van der Waals surface area contributed by atoms with Gasteiger partial charge in [0.15, 0.2) is 0 Å². The minimum Gasteiger partial charge on any atom is -0.456 e. The molecule has 0 radical (unpaired) electrons. The Morgan fingerprint density at radius 1 is 0.453 bits per heavy atom. The van der Waals surface area contributed by atoms with Crippen LogP contribution in [0.5, 0.6) is 23.0 Å². The molecule has 1 aliphatic carbocycles. The normalized spacial score (nSPS) is 14.2. The Kier molecular flexibility index (Phi) is 9.32. The van der Waals surface area contributed by atoms with E-state index in [0.29, 0.717) is 11.1 Å². The highest BCUT2D eigenvalue weighted by Gasteiger charge is 2.40. The monoisotopic (exact) mass is 724 g/mol. The standard InChI is InChI=1S/C43H34F6N2O2/c44-42(45,46)39-33(50)15-9-17-37(39)52-35-21-19-29(25-31(35)27-11-3-1-4-12-27)41(23-7-8-24-41)30-20-22-36(32(26-30)28-13-5-2-6-14-28)53-38-18-10-16-34(51)40(38)43(47,48)49/h1-6,9-22,25-26H,7-8,23-24,50-51H2. The number of alkyl halides is 6. The van der Waals surface area contributed by atoms with E-state index in [4.69, 9.17) is 20.9 Å². The predicted molar refractivity (Wildman–Crippen MR) is 195 cm³/mol. The third-order valence-corrected chi connectivity index (χ3v) is 9.81. The van der Waals surface area contributed by atoms with E-state index >= 15 is 0 Å². The molecular weight excluding hydrogens is 690 g/mol. The summed E-state index contributed by atoms with van der Waals surface area (Å²) in [5.41, 5.74) is 12.6. The molecule has 0 amide bonds. The number of hydrogen-bond donors (Lipinski definition) is 2. The Hall–Kier alpha value is -5.90. The lowest BCUT2D eigenvalue weighted by Gasteiger charge is -2.32. The highest BCUT2D eigenvalue weighted by atomic mass is 19.4. The molecule has 7 rings (SSSR count). The summed E-state index contributed by atoms with van der Waals surface area (Å²) in [6, 6.07) is 37.3. The first kappa shape index (κ1) is 35.5. The van der Waals surface area contributed by atoms with E-state index in [2.05, 4.69) is 0 Å². The molecular formula is C43H34F6N2O2. The topological polar surface area (TPSA) is 70.5 Å². The lowest BCUT2D eigenvalue weighted by atomic mass is 9.72. The summed E-state index contributed by atoms with van der Waals surface area (Å²) >= 11 is 0. The Labute approximate surface area is 302 Å². The number of anilines is 2. The number of benzene rings is 6. The van der Waals surface area contributed by atoms with Crippen molar-refractivity contribution in [1.82, 2.24) is 0 Å². The van der Waals surface area contributed by atoms with E-state index in [1.54, 1.807) is 12.1 Å². The fourth-order valence-electron chi connectivity index (χ4n) is 7.35. The average Bonchev–Trinajstić information content (AvgIpc) is 3.63. The van der Waals surface area contributed by atoms with Crippen LogP contribution in [0.2, 0.25) is 0 Å². The van der Waals surface area contributed by atoms with Crippen molar-refractivity contribution in [3.8, 4) is 45.3 Å². The third-order valence-electron chi connectivity index (χ3n) is 9.81. The van der Waals surface area contributed by atoms with Gasteiger partial charge in [-0.3, -0.25) is 0 Å². The molecule has 0 aromatic heterocycles. The van der Waals surface area contributed by atoms with E-state index in [1.807, 2.05) is 84.9 Å². The quantitative estimate of drug-likeness (QED) is 0.121. The number of hydrogen-bond acceptors (Lipinski definition) is 4. The van der Waals surface area contributed by atoms with Gasteiger partial charge >= 0.3 is 12.4 Å². The van der Waals surface area contributed by atoms with Gasteiger partial charge in [0, 0.05) is 27.9 Å². The fourth-order valence-corrected chi connectivity index (χ4v) is 7.35. The van der Waals surface area contributed by atoms with Gasteiger partial charge in [0.05, 0.1) is 0 Å². The van der Waals surface area contributed by atoms with E-state index in [1.165, 1.54) is 36.4 Å². The second-order valence-electron chi connectivity index (χ2n) is 13.1. The first-order valence-corrected chi connectivity index (χ1v) is 17.0. The van der Waals surface area contributed by atoms with Gasteiger partial charge in [-0.2, -0.15) is 26.3 Å². The molecule has 270 valence electrons. The molecule has 6 aromatic rings. The maximum Gasteiger partial charge on any atom is 0.421 e. The molecule has 0 bridgehead atoms. The second-order valence-corrected chi connectivity index (χ2v) is 13.1. The minimum atomic E-state index is -4.74. The summed E-state index contributed by atoms with van der Waals surface area (Å²) in [6.07, 6.45) is -6.14. The summed E-state index contributed by atoms with van der Waals surface area (Å²) in [5.74, 6) is -0.369. The van der Waals surface area contributed by atoms with Crippen LogP contribution in [0.1, 0.15) is 47.9 Å². The summed E-state index contributed by atoms with van der Waals surface area (Å²) in [7, 11) is 0. The largest absolute Gasteiger partial charge is 0.456 e. The van der Waals surface area contributed by atoms with Crippen molar-refractivity contribution in [2.24, 2.45) is 0 Å². The van der Waals surface area contributed by atoms with Gasteiger partial charge < -0.3 is 20.9 Å². The van der Waals surface area contributed by atoms with E-state index in [-0.39, 0.29) is 11.5 Å². The molecule has 0 unspecified atom stereocenters. The van der Waals surface area contributed by atoms with Crippen LogP contribution in [0.4, 0.5) is 37.7 Å². The van der Waals surface area contributed by atoms with Gasteiger partial charge in [0.25, 0.3) is 0 Å². The van der Waals surface area contributed by atoms with Gasteiger partial charge in [-0.15, -0.1) is 0 Å². The van der Waals surface area contributed by atoms with E-state index < -0.39 is 51.8 Å². The first-order chi connectivity index (χ1) is 25.3. The first-order valence-electron chi connectivity index (χ1n) is 17.0. The SMILES string of the molecule is Nc1cccc(Oc2ccc(C3(c4ccc(Oc5cccc(N)c5C(F)(F)F)c(-c5ccccc5)c4)CCCC3)cc2-c2ccccc2)c1C(F)(F)F. The van der Waals surface area contributed by atoms with Crippen LogP contribution in [0.15, 0.2) is 133 Å². The van der Waals surface area contributed by atoms with Gasteiger partial charge in [-0.05, 0) is 83.6 Å². The highest BCUT2D eigenvalue weighted by molar-refractivity contribution is 5.75. The van der Waals surface area contributed by atoms with Crippen LogP contribution in [0, 0.1) is 0 Å². The highest BCUT2D eigenvalue weighted by Crippen LogP contribution is 2.52. The maximum absolute atomic E-state index is 14.1. The number of nitrogen functional groups attached to an aromatic ring is 2. The summed E-state index contributed by atoms with van der Waals surface area (Å²) < 4.78 is 96.8. The Balaban J connectivity index is 1.36. The summed E-state index contributed by atoms with van der Waals surface area (Å²) in [6.45, 7) is 0. The predicted octanol–water partition coefficient (Wildman–Crippen LogP) is 12.7. The van der Waals surface area contributed by atoms with Gasteiger partial charge in [0.2, 0.25) is 0 Å². The van der Waals surface area contributed by atoms with Crippen LogP contribution >= 0.6 is 0 Å². The number of nitrogens with two attached hydrogens (primary N) is 2.